The van der Waals surface area contributed by atoms with Gasteiger partial charge in [-0.25, -0.2) is 4.98 Å². The van der Waals surface area contributed by atoms with Crippen molar-refractivity contribution < 1.29 is 4.79 Å². The van der Waals surface area contributed by atoms with Crippen molar-refractivity contribution in [2.75, 3.05) is 5.32 Å². The molecule has 0 atom stereocenters. The van der Waals surface area contributed by atoms with Gasteiger partial charge in [-0.05, 0) is 43.3 Å². The first-order chi connectivity index (χ1) is 9.65. The van der Waals surface area contributed by atoms with Crippen molar-refractivity contribution in [3.8, 4) is 0 Å². The van der Waals surface area contributed by atoms with Crippen LogP contribution in [0.1, 0.15) is 16.1 Å². The largest absolute Gasteiger partial charge is 0.320 e. The molecule has 3 aromatic rings. The van der Waals surface area contributed by atoms with Crippen LogP contribution < -0.4 is 5.32 Å². The van der Waals surface area contributed by atoms with Gasteiger partial charge in [-0.15, -0.1) is 0 Å². The Balaban J connectivity index is 1.90. The minimum absolute atomic E-state index is 0.125. The van der Waals surface area contributed by atoms with Crippen LogP contribution in [0.4, 0.5) is 5.69 Å². The number of fused-ring (bicyclic) bond motifs is 1. The molecule has 1 N–H and O–H groups in total. The Morgan fingerprint density at radius 2 is 1.95 bits per heavy atom. The molecule has 1 aromatic carbocycles. The van der Waals surface area contributed by atoms with E-state index in [0.29, 0.717) is 5.56 Å². The molecule has 0 fully saturated rings. The summed E-state index contributed by atoms with van der Waals surface area (Å²) in [7, 11) is 0. The highest BCUT2D eigenvalue weighted by Crippen LogP contribution is 2.18. The smallest absolute Gasteiger partial charge is 0.255 e. The second kappa shape index (κ2) is 5.09. The molecule has 0 radical (unpaired) electrons. The van der Waals surface area contributed by atoms with E-state index in [1.54, 1.807) is 18.3 Å². The highest BCUT2D eigenvalue weighted by molar-refractivity contribution is 9.10. The van der Waals surface area contributed by atoms with E-state index < -0.39 is 0 Å². The summed E-state index contributed by atoms with van der Waals surface area (Å²) in [5.74, 6) is -0.125. The van der Waals surface area contributed by atoms with Crippen LogP contribution >= 0.6 is 15.9 Å². The van der Waals surface area contributed by atoms with Crippen molar-refractivity contribution in [2.45, 2.75) is 6.92 Å². The number of benzene rings is 1. The summed E-state index contributed by atoms with van der Waals surface area (Å²) in [6.07, 6.45) is 3.61. The van der Waals surface area contributed by atoms with Crippen molar-refractivity contribution in [1.29, 1.82) is 0 Å². The first kappa shape index (κ1) is 12.9. The Hall–Kier alpha value is -2.14. The lowest BCUT2D eigenvalue weighted by atomic mass is 10.2. The molecule has 100 valence electrons. The minimum Gasteiger partial charge on any atom is -0.320 e. The van der Waals surface area contributed by atoms with E-state index in [1.807, 2.05) is 41.8 Å². The average molecular weight is 330 g/mol. The maximum Gasteiger partial charge on any atom is 0.255 e. The van der Waals surface area contributed by atoms with E-state index in [0.717, 1.165) is 21.5 Å². The summed E-state index contributed by atoms with van der Waals surface area (Å²) in [5, 5.41) is 2.93. The van der Waals surface area contributed by atoms with Crippen molar-refractivity contribution in [2.24, 2.45) is 0 Å². The molecule has 1 amide bonds. The Bertz CT molecular complexity index is 777. The molecule has 0 saturated carbocycles. The Morgan fingerprint density at radius 3 is 2.70 bits per heavy atom. The lowest BCUT2D eigenvalue weighted by Gasteiger charge is -2.10. The molecule has 0 saturated heterocycles. The van der Waals surface area contributed by atoms with E-state index in [1.165, 1.54) is 0 Å². The Labute approximate surface area is 124 Å². The van der Waals surface area contributed by atoms with Gasteiger partial charge < -0.3 is 9.72 Å². The molecule has 0 aliphatic carbocycles. The van der Waals surface area contributed by atoms with Crippen molar-refractivity contribution in [3.63, 3.8) is 0 Å². The van der Waals surface area contributed by atoms with E-state index in [4.69, 9.17) is 0 Å². The fourth-order valence-electron chi connectivity index (χ4n) is 2.06. The van der Waals surface area contributed by atoms with E-state index >= 15 is 0 Å². The number of hydrogen-bond acceptors (Lipinski definition) is 2. The van der Waals surface area contributed by atoms with Gasteiger partial charge in [-0.1, -0.05) is 15.9 Å². The number of anilines is 1. The summed E-state index contributed by atoms with van der Waals surface area (Å²) in [4.78, 5) is 16.4. The quantitative estimate of drug-likeness (QED) is 0.779. The van der Waals surface area contributed by atoms with Crippen LogP contribution in [0, 0.1) is 6.92 Å². The molecule has 0 unspecified atom stereocenters. The highest BCUT2D eigenvalue weighted by Gasteiger charge is 2.09. The summed E-state index contributed by atoms with van der Waals surface area (Å²) in [6.45, 7) is 1.95. The summed E-state index contributed by atoms with van der Waals surface area (Å²) in [6, 6.07) is 11.0. The molecule has 2 heterocycles. The number of imidazole rings is 1. The molecule has 0 aliphatic rings. The van der Waals surface area contributed by atoms with Crippen molar-refractivity contribution in [1.82, 2.24) is 9.38 Å². The van der Waals surface area contributed by atoms with Gasteiger partial charge in [0.15, 0.2) is 0 Å². The molecule has 2 aromatic heterocycles. The third kappa shape index (κ3) is 2.32. The molecular weight excluding hydrogens is 318 g/mol. The maximum absolute atomic E-state index is 12.2. The Kier molecular flexibility index (Phi) is 3.28. The summed E-state index contributed by atoms with van der Waals surface area (Å²) < 4.78 is 2.89. The van der Waals surface area contributed by atoms with Gasteiger partial charge in [-0.2, -0.15) is 0 Å². The van der Waals surface area contributed by atoms with Gasteiger partial charge in [0.2, 0.25) is 0 Å². The molecule has 4 nitrogen and oxygen atoms in total. The molecule has 3 rings (SSSR count). The maximum atomic E-state index is 12.2. The number of pyridine rings is 1. The number of rotatable bonds is 2. The normalized spacial score (nSPS) is 10.7. The Morgan fingerprint density at radius 1 is 1.20 bits per heavy atom. The third-order valence-electron chi connectivity index (χ3n) is 3.17. The van der Waals surface area contributed by atoms with Crippen LogP contribution in [-0.4, -0.2) is 15.3 Å². The van der Waals surface area contributed by atoms with Crippen molar-refractivity contribution >= 4 is 33.2 Å². The molecule has 0 bridgehead atoms. The van der Waals surface area contributed by atoms with Gasteiger partial charge in [0.05, 0.1) is 5.69 Å². The van der Waals surface area contributed by atoms with Crippen LogP contribution in [-0.2, 0) is 0 Å². The first-order valence-corrected chi connectivity index (χ1v) is 6.94. The molecular formula is C15H12BrN3O. The number of carbonyl (C=O) groups excluding carboxylic acids is 1. The monoisotopic (exact) mass is 329 g/mol. The summed E-state index contributed by atoms with van der Waals surface area (Å²) >= 11 is 3.35. The zero-order valence-corrected chi connectivity index (χ0v) is 12.4. The van der Waals surface area contributed by atoms with Gasteiger partial charge >= 0.3 is 0 Å². The zero-order valence-electron chi connectivity index (χ0n) is 10.8. The number of nitrogens with zero attached hydrogens (tertiary/aromatic N) is 2. The second-order valence-corrected chi connectivity index (χ2v) is 5.36. The lowest BCUT2D eigenvalue weighted by molar-refractivity contribution is 0.102. The number of halogens is 1. The standard InChI is InChI=1S/C15H12BrN3O/c1-10-13(6-7-14-17-8-9-19(10)14)18-15(20)11-2-4-12(16)5-3-11/h2-9H,1H3,(H,18,20). The molecule has 5 heteroatoms. The van der Waals surface area contributed by atoms with Gasteiger partial charge in [-0.3, -0.25) is 4.79 Å². The molecule has 20 heavy (non-hydrogen) atoms. The molecule has 0 aliphatic heterocycles. The van der Waals surface area contributed by atoms with Crippen LogP contribution in [0.3, 0.4) is 0 Å². The first-order valence-electron chi connectivity index (χ1n) is 6.15. The van der Waals surface area contributed by atoms with E-state index in [-0.39, 0.29) is 5.91 Å². The van der Waals surface area contributed by atoms with Crippen LogP contribution in [0.15, 0.2) is 53.3 Å². The van der Waals surface area contributed by atoms with Gasteiger partial charge in [0.25, 0.3) is 5.91 Å². The number of nitrogens with one attached hydrogen (secondary N) is 1. The number of hydrogen-bond donors (Lipinski definition) is 1. The number of carbonyl (C=O) groups is 1. The van der Waals surface area contributed by atoms with Gasteiger partial charge in [0, 0.05) is 28.1 Å². The van der Waals surface area contributed by atoms with Crippen molar-refractivity contribution in [3.05, 3.63) is 64.5 Å². The fraction of sp³-hybridized carbons (Fsp3) is 0.0667. The predicted octanol–water partition coefficient (Wildman–Crippen LogP) is 3.66. The zero-order chi connectivity index (χ0) is 14.1. The highest BCUT2D eigenvalue weighted by atomic mass is 79.9. The topological polar surface area (TPSA) is 46.4 Å². The average Bonchev–Trinajstić information content (AvgIpc) is 2.92. The summed E-state index contributed by atoms with van der Waals surface area (Å²) in [5.41, 5.74) is 3.22. The van der Waals surface area contributed by atoms with Crippen LogP contribution in [0.5, 0.6) is 0 Å². The van der Waals surface area contributed by atoms with E-state index in [2.05, 4.69) is 26.2 Å². The van der Waals surface area contributed by atoms with Crippen LogP contribution in [0.25, 0.3) is 5.65 Å². The molecule has 0 spiro atoms. The lowest BCUT2D eigenvalue weighted by Crippen LogP contribution is -2.13. The fourth-order valence-corrected chi connectivity index (χ4v) is 2.32. The third-order valence-corrected chi connectivity index (χ3v) is 3.70. The van der Waals surface area contributed by atoms with Gasteiger partial charge in [0.1, 0.15) is 5.65 Å². The number of aromatic nitrogens is 2. The van der Waals surface area contributed by atoms with Crippen LogP contribution in [0.2, 0.25) is 0 Å². The SMILES string of the molecule is Cc1c(NC(=O)c2ccc(Br)cc2)ccc2nccn12. The predicted molar refractivity (Wildman–Crippen MR) is 82.0 cm³/mol. The second-order valence-electron chi connectivity index (χ2n) is 4.45. The number of amides is 1. The van der Waals surface area contributed by atoms with E-state index in [9.17, 15) is 4.79 Å². The minimum atomic E-state index is -0.125. The number of aryl methyl sites for hydroxylation is 1.